The largest absolute Gasteiger partial charge is 0.370 e. The number of para-hydroxylation sites is 1. The Hall–Kier alpha value is -1.51. The summed E-state index contributed by atoms with van der Waals surface area (Å²) >= 11 is 0. The van der Waals surface area contributed by atoms with Crippen LogP contribution in [0.25, 0.3) is 0 Å². The molecule has 0 atom stereocenters. The number of hydrogen-bond donors (Lipinski definition) is 2. The van der Waals surface area contributed by atoms with E-state index >= 15 is 0 Å². The van der Waals surface area contributed by atoms with Crippen LogP contribution in [0, 0.1) is 12.3 Å². The summed E-state index contributed by atoms with van der Waals surface area (Å²) in [5, 5.41) is 7.83. The summed E-state index contributed by atoms with van der Waals surface area (Å²) in [7, 11) is 0. The lowest BCUT2D eigenvalue weighted by atomic mass is 9.93. The van der Waals surface area contributed by atoms with Crippen molar-refractivity contribution in [2.45, 2.75) is 45.1 Å². The van der Waals surface area contributed by atoms with E-state index in [9.17, 15) is 0 Å². The minimum Gasteiger partial charge on any atom is -0.370 e. The quantitative estimate of drug-likeness (QED) is 0.607. The van der Waals surface area contributed by atoms with E-state index in [4.69, 9.17) is 11.1 Å². The lowest BCUT2D eigenvalue weighted by Gasteiger charge is -2.35. The molecule has 0 unspecified atom stereocenters. The van der Waals surface area contributed by atoms with Crippen molar-refractivity contribution >= 4 is 11.6 Å². The molecule has 2 rings (SSSR count). The molecule has 0 saturated heterocycles. The van der Waals surface area contributed by atoms with Gasteiger partial charge in [0.1, 0.15) is 0 Å². The maximum Gasteiger partial charge on any atom is 0.193 e. The smallest absolute Gasteiger partial charge is 0.193 e. The molecule has 1 fully saturated rings. The first-order chi connectivity index (χ1) is 8.20. The highest BCUT2D eigenvalue weighted by Gasteiger charge is 2.24. The fourth-order valence-corrected chi connectivity index (χ4v) is 2.70. The zero-order valence-electron chi connectivity index (χ0n) is 10.4. The third kappa shape index (κ3) is 2.60. The number of rotatable bonds is 2. The molecule has 1 aliphatic rings. The minimum atomic E-state index is 0.172. The molecular formula is C14H21N3. The predicted molar refractivity (Wildman–Crippen MR) is 72.4 cm³/mol. The molecule has 0 bridgehead atoms. The van der Waals surface area contributed by atoms with Crippen LogP contribution in [-0.2, 0) is 0 Å². The Balaban J connectivity index is 2.28. The van der Waals surface area contributed by atoms with Crippen molar-refractivity contribution in [1.82, 2.24) is 0 Å². The molecule has 1 aromatic rings. The topological polar surface area (TPSA) is 53.1 Å². The molecule has 92 valence electrons. The number of benzene rings is 1. The fourth-order valence-electron chi connectivity index (χ4n) is 2.70. The lowest BCUT2D eigenvalue weighted by Crippen LogP contribution is -2.45. The second-order valence-electron chi connectivity index (χ2n) is 4.83. The number of anilines is 1. The molecule has 1 aromatic carbocycles. The lowest BCUT2D eigenvalue weighted by molar-refractivity contribution is 0.439. The number of nitrogens with zero attached hydrogens (tertiary/aromatic N) is 1. The summed E-state index contributed by atoms with van der Waals surface area (Å²) in [5.41, 5.74) is 8.06. The SMILES string of the molecule is Cc1ccccc1N(C(=N)N)C1CCCCC1. The average molecular weight is 231 g/mol. The van der Waals surface area contributed by atoms with Gasteiger partial charge in [-0.05, 0) is 31.4 Å². The number of nitrogens with two attached hydrogens (primary N) is 1. The maximum absolute atomic E-state index is 7.83. The highest BCUT2D eigenvalue weighted by Crippen LogP contribution is 2.28. The number of guanidine groups is 1. The molecule has 0 aromatic heterocycles. The van der Waals surface area contributed by atoms with E-state index in [1.54, 1.807) is 0 Å². The van der Waals surface area contributed by atoms with Crippen molar-refractivity contribution in [2.75, 3.05) is 4.90 Å². The molecule has 0 aliphatic heterocycles. The Kier molecular flexibility index (Phi) is 3.67. The standard InChI is InChI=1S/C14H21N3/c1-11-7-5-6-10-13(11)17(14(15)16)12-8-3-2-4-9-12/h5-7,10,12H,2-4,8-9H2,1H3,(H3,15,16). The van der Waals surface area contributed by atoms with Crippen LogP contribution in [0.5, 0.6) is 0 Å². The number of aryl methyl sites for hydroxylation is 1. The van der Waals surface area contributed by atoms with Crippen molar-refractivity contribution in [3.05, 3.63) is 29.8 Å². The first-order valence-corrected chi connectivity index (χ1v) is 6.39. The Labute approximate surface area is 103 Å². The van der Waals surface area contributed by atoms with Crippen LogP contribution in [0.1, 0.15) is 37.7 Å². The van der Waals surface area contributed by atoms with Gasteiger partial charge in [0.25, 0.3) is 0 Å². The molecular weight excluding hydrogens is 210 g/mol. The van der Waals surface area contributed by atoms with Crippen LogP contribution in [0.4, 0.5) is 5.69 Å². The second-order valence-corrected chi connectivity index (χ2v) is 4.83. The Morgan fingerprint density at radius 3 is 2.47 bits per heavy atom. The number of nitrogens with one attached hydrogen (secondary N) is 1. The predicted octanol–water partition coefficient (Wildman–Crippen LogP) is 3.03. The summed E-state index contributed by atoms with van der Waals surface area (Å²) in [6.45, 7) is 2.08. The molecule has 0 radical (unpaired) electrons. The molecule has 0 amide bonds. The van der Waals surface area contributed by atoms with Crippen molar-refractivity contribution in [3.8, 4) is 0 Å². The van der Waals surface area contributed by atoms with E-state index in [2.05, 4.69) is 19.1 Å². The highest BCUT2D eigenvalue weighted by molar-refractivity contribution is 5.93. The molecule has 3 N–H and O–H groups in total. The van der Waals surface area contributed by atoms with Crippen molar-refractivity contribution in [2.24, 2.45) is 5.73 Å². The van der Waals surface area contributed by atoms with Crippen molar-refractivity contribution < 1.29 is 0 Å². The van der Waals surface area contributed by atoms with Crippen LogP contribution >= 0.6 is 0 Å². The third-order valence-electron chi connectivity index (χ3n) is 3.57. The van der Waals surface area contributed by atoms with E-state index in [0.717, 1.165) is 18.5 Å². The van der Waals surface area contributed by atoms with Crippen molar-refractivity contribution in [1.29, 1.82) is 5.41 Å². The van der Waals surface area contributed by atoms with E-state index in [-0.39, 0.29) is 5.96 Å². The van der Waals surface area contributed by atoms with E-state index < -0.39 is 0 Å². The van der Waals surface area contributed by atoms with Crippen LogP contribution < -0.4 is 10.6 Å². The maximum atomic E-state index is 7.83. The molecule has 1 saturated carbocycles. The summed E-state index contributed by atoms with van der Waals surface area (Å²) in [6, 6.07) is 8.58. The van der Waals surface area contributed by atoms with Gasteiger partial charge < -0.3 is 10.6 Å². The third-order valence-corrected chi connectivity index (χ3v) is 3.57. The number of hydrogen-bond acceptors (Lipinski definition) is 1. The van der Waals surface area contributed by atoms with E-state index in [1.807, 2.05) is 17.0 Å². The first kappa shape index (κ1) is 12.0. The van der Waals surface area contributed by atoms with Crippen LogP contribution in [0.3, 0.4) is 0 Å². The van der Waals surface area contributed by atoms with Crippen LogP contribution in [0.15, 0.2) is 24.3 Å². The van der Waals surface area contributed by atoms with Gasteiger partial charge >= 0.3 is 0 Å². The van der Waals surface area contributed by atoms with E-state index in [1.165, 1.54) is 24.8 Å². The monoisotopic (exact) mass is 231 g/mol. The fraction of sp³-hybridized carbons (Fsp3) is 0.500. The van der Waals surface area contributed by atoms with Gasteiger partial charge in [0.05, 0.1) is 0 Å². The molecule has 3 nitrogen and oxygen atoms in total. The van der Waals surface area contributed by atoms with Gasteiger partial charge in [0.2, 0.25) is 0 Å². The summed E-state index contributed by atoms with van der Waals surface area (Å²) in [4.78, 5) is 2.01. The summed E-state index contributed by atoms with van der Waals surface area (Å²) in [6.07, 6.45) is 6.11. The molecule has 0 spiro atoms. The highest BCUT2D eigenvalue weighted by atomic mass is 15.3. The Bertz CT molecular complexity index is 394. The second kappa shape index (κ2) is 5.21. The van der Waals surface area contributed by atoms with Crippen LogP contribution in [-0.4, -0.2) is 12.0 Å². The zero-order chi connectivity index (χ0) is 12.3. The van der Waals surface area contributed by atoms with Gasteiger partial charge in [-0.1, -0.05) is 37.5 Å². The van der Waals surface area contributed by atoms with Gasteiger partial charge in [0, 0.05) is 11.7 Å². The van der Waals surface area contributed by atoms with Gasteiger partial charge in [-0.2, -0.15) is 0 Å². The van der Waals surface area contributed by atoms with Gasteiger partial charge in [-0.3, -0.25) is 5.41 Å². The Morgan fingerprint density at radius 2 is 1.88 bits per heavy atom. The Morgan fingerprint density at radius 1 is 1.24 bits per heavy atom. The summed E-state index contributed by atoms with van der Waals surface area (Å²) < 4.78 is 0. The summed E-state index contributed by atoms with van der Waals surface area (Å²) in [5.74, 6) is 0.172. The van der Waals surface area contributed by atoms with Gasteiger partial charge in [0.15, 0.2) is 5.96 Å². The minimum absolute atomic E-state index is 0.172. The first-order valence-electron chi connectivity index (χ1n) is 6.39. The normalized spacial score (nSPS) is 16.8. The van der Waals surface area contributed by atoms with E-state index in [0.29, 0.717) is 6.04 Å². The van der Waals surface area contributed by atoms with Gasteiger partial charge in [-0.25, -0.2) is 0 Å². The molecule has 3 heteroatoms. The zero-order valence-corrected chi connectivity index (χ0v) is 10.4. The van der Waals surface area contributed by atoms with Gasteiger partial charge in [-0.15, -0.1) is 0 Å². The van der Waals surface area contributed by atoms with Crippen molar-refractivity contribution in [3.63, 3.8) is 0 Å². The molecule has 17 heavy (non-hydrogen) atoms. The van der Waals surface area contributed by atoms with Crippen LogP contribution in [0.2, 0.25) is 0 Å². The average Bonchev–Trinajstić information content (AvgIpc) is 2.33. The molecule has 1 aliphatic carbocycles. The molecule has 0 heterocycles.